The standard InChI is InChI=1S/C35H46FN3O9S2/c1-24-21-39(25(2)23-40)35(41)32-20-28(37-49(42,43)30-16-12-29(46-5)13-17-30)11-18-33(32)48-26(3)8-6-7-19-47-34(24)22-38(4)50(44,45)31-14-9-27(36)10-15-31/h9-18,20,24-26,34,37,40H,6-8,19,21-23H2,1-5H3/t24-,25+,26+,34-/m0/s1. The third kappa shape index (κ3) is 9.72. The van der Waals surface area contributed by atoms with E-state index in [2.05, 4.69) is 4.72 Å². The molecule has 0 radical (unpaired) electrons. The Kier molecular flexibility index (Phi) is 13.2. The minimum Gasteiger partial charge on any atom is -0.497 e. The van der Waals surface area contributed by atoms with E-state index in [1.807, 2.05) is 13.8 Å². The topological polar surface area (TPSA) is 152 Å². The molecule has 1 heterocycles. The van der Waals surface area contributed by atoms with Crippen molar-refractivity contribution in [2.24, 2.45) is 5.92 Å². The van der Waals surface area contributed by atoms with Gasteiger partial charge in [0.15, 0.2) is 0 Å². The van der Waals surface area contributed by atoms with Crippen LogP contribution in [-0.4, -0.2) is 95.8 Å². The highest BCUT2D eigenvalue weighted by molar-refractivity contribution is 7.92. The van der Waals surface area contributed by atoms with Crippen molar-refractivity contribution < 1.29 is 45.3 Å². The second kappa shape index (κ2) is 17.0. The predicted molar refractivity (Wildman–Crippen MR) is 187 cm³/mol. The average molecular weight is 736 g/mol. The maximum absolute atomic E-state index is 14.4. The molecule has 0 spiro atoms. The highest BCUT2D eigenvalue weighted by atomic mass is 32.2. The van der Waals surface area contributed by atoms with Gasteiger partial charge in [-0.15, -0.1) is 0 Å². The van der Waals surface area contributed by atoms with Gasteiger partial charge in [0.05, 0.1) is 47.3 Å². The number of carbonyl (C=O) groups is 1. The predicted octanol–water partition coefficient (Wildman–Crippen LogP) is 4.75. The molecule has 15 heteroatoms. The van der Waals surface area contributed by atoms with Gasteiger partial charge in [-0.3, -0.25) is 9.52 Å². The molecular weight excluding hydrogens is 690 g/mol. The molecule has 4 rings (SSSR count). The molecule has 274 valence electrons. The quantitative estimate of drug-likeness (QED) is 0.301. The van der Waals surface area contributed by atoms with Crippen molar-refractivity contribution in [1.82, 2.24) is 9.21 Å². The van der Waals surface area contributed by atoms with Gasteiger partial charge in [-0.1, -0.05) is 6.92 Å². The van der Waals surface area contributed by atoms with Gasteiger partial charge in [0.1, 0.15) is 17.3 Å². The Morgan fingerprint density at radius 1 is 1.02 bits per heavy atom. The van der Waals surface area contributed by atoms with Crippen LogP contribution in [0, 0.1) is 11.7 Å². The van der Waals surface area contributed by atoms with Crippen molar-refractivity contribution in [3.8, 4) is 11.5 Å². The number of benzene rings is 3. The van der Waals surface area contributed by atoms with E-state index in [1.54, 1.807) is 13.0 Å². The van der Waals surface area contributed by atoms with E-state index >= 15 is 0 Å². The van der Waals surface area contributed by atoms with E-state index in [4.69, 9.17) is 14.2 Å². The lowest BCUT2D eigenvalue weighted by atomic mass is 10.0. The maximum atomic E-state index is 14.4. The first-order valence-electron chi connectivity index (χ1n) is 16.4. The van der Waals surface area contributed by atoms with E-state index < -0.39 is 49.8 Å². The number of halogens is 1. The molecule has 0 aromatic heterocycles. The summed E-state index contributed by atoms with van der Waals surface area (Å²) in [7, 11) is -5.13. The molecule has 0 aliphatic carbocycles. The Morgan fingerprint density at radius 3 is 2.32 bits per heavy atom. The number of fused-ring (bicyclic) bond motifs is 1. The summed E-state index contributed by atoms with van der Waals surface area (Å²) in [5.74, 6) is -0.752. The van der Waals surface area contributed by atoms with E-state index in [0.29, 0.717) is 25.2 Å². The zero-order valence-corrected chi connectivity index (χ0v) is 30.5. The summed E-state index contributed by atoms with van der Waals surface area (Å²) in [4.78, 5) is 15.8. The fraction of sp³-hybridized carbons (Fsp3) is 0.457. The second-order valence-corrected chi connectivity index (χ2v) is 16.3. The van der Waals surface area contributed by atoms with Crippen LogP contribution in [0.1, 0.15) is 50.4 Å². The number of nitrogens with one attached hydrogen (secondary N) is 1. The number of anilines is 1. The number of ether oxygens (including phenoxy) is 3. The van der Waals surface area contributed by atoms with Gasteiger partial charge in [0.25, 0.3) is 15.9 Å². The number of sulfonamides is 2. The summed E-state index contributed by atoms with van der Waals surface area (Å²) in [6.07, 6.45) is 1.05. The molecule has 1 aliphatic rings. The molecule has 50 heavy (non-hydrogen) atoms. The van der Waals surface area contributed by atoms with Crippen LogP contribution in [0.25, 0.3) is 0 Å². The number of methoxy groups -OCH3 is 1. The Bertz CT molecular complexity index is 1810. The molecule has 12 nitrogen and oxygen atoms in total. The lowest BCUT2D eigenvalue weighted by Crippen LogP contribution is -2.48. The number of nitrogens with zero attached hydrogens (tertiary/aromatic N) is 2. The van der Waals surface area contributed by atoms with Gasteiger partial charge in [-0.05, 0) is 99.8 Å². The van der Waals surface area contributed by atoms with E-state index in [0.717, 1.165) is 22.9 Å². The summed E-state index contributed by atoms with van der Waals surface area (Å²) in [6.45, 7) is 5.35. The number of amides is 1. The van der Waals surface area contributed by atoms with Crippen LogP contribution in [0.3, 0.4) is 0 Å². The van der Waals surface area contributed by atoms with E-state index in [1.165, 1.54) is 67.6 Å². The van der Waals surface area contributed by atoms with Crippen molar-refractivity contribution in [1.29, 1.82) is 0 Å². The van der Waals surface area contributed by atoms with Crippen LogP contribution >= 0.6 is 0 Å². The summed E-state index contributed by atoms with van der Waals surface area (Å²) in [5.41, 5.74) is 0.216. The first-order chi connectivity index (χ1) is 23.7. The SMILES string of the molecule is COc1ccc(S(=O)(=O)Nc2ccc3c(c2)C(=O)N([C@H](C)CO)C[C@H](C)[C@H](CN(C)S(=O)(=O)c2ccc(F)cc2)OCCCC[C@@H](C)O3)cc1. The molecule has 3 aromatic rings. The molecule has 0 bridgehead atoms. The zero-order chi connectivity index (χ0) is 36.6. The van der Waals surface area contributed by atoms with Gasteiger partial charge in [0, 0.05) is 38.3 Å². The Labute approximate surface area is 294 Å². The summed E-state index contributed by atoms with van der Waals surface area (Å²) < 4.78 is 88.0. The Hall–Kier alpha value is -3.76. The van der Waals surface area contributed by atoms with Crippen LogP contribution in [0.2, 0.25) is 0 Å². The van der Waals surface area contributed by atoms with E-state index in [-0.39, 0.29) is 52.6 Å². The van der Waals surface area contributed by atoms with Crippen molar-refractivity contribution in [2.45, 2.75) is 68.1 Å². The Balaban J connectivity index is 1.67. The minimum absolute atomic E-state index is 0.00334. The Morgan fingerprint density at radius 2 is 1.68 bits per heavy atom. The third-order valence-electron chi connectivity index (χ3n) is 8.63. The number of aliphatic hydroxyl groups excluding tert-OH is 1. The summed E-state index contributed by atoms with van der Waals surface area (Å²) in [6, 6.07) is 14.2. The number of hydrogen-bond acceptors (Lipinski definition) is 9. The van der Waals surface area contributed by atoms with E-state index in [9.17, 15) is 31.1 Å². The van der Waals surface area contributed by atoms with Crippen molar-refractivity contribution in [3.63, 3.8) is 0 Å². The van der Waals surface area contributed by atoms with Crippen molar-refractivity contribution in [3.05, 3.63) is 78.1 Å². The number of rotatable bonds is 10. The number of aliphatic hydroxyl groups is 1. The van der Waals surface area contributed by atoms with Crippen LogP contribution in [0.15, 0.2) is 76.5 Å². The second-order valence-electron chi connectivity index (χ2n) is 12.5. The molecule has 3 aromatic carbocycles. The molecule has 1 amide bonds. The molecule has 0 saturated heterocycles. The minimum atomic E-state index is -4.04. The van der Waals surface area contributed by atoms with Crippen LogP contribution in [0.5, 0.6) is 11.5 Å². The molecule has 0 fully saturated rings. The lowest BCUT2D eigenvalue weighted by molar-refractivity contribution is -0.00834. The van der Waals surface area contributed by atoms with Gasteiger partial charge in [-0.25, -0.2) is 21.2 Å². The number of carbonyl (C=O) groups excluding carboxylic acids is 1. The smallest absolute Gasteiger partial charge is 0.261 e. The van der Waals surface area contributed by atoms with Crippen molar-refractivity contribution in [2.75, 3.05) is 45.2 Å². The molecule has 2 N–H and O–H groups in total. The first kappa shape index (κ1) is 39.0. The van der Waals surface area contributed by atoms with Gasteiger partial charge >= 0.3 is 0 Å². The average Bonchev–Trinajstić information content (AvgIpc) is 3.09. The largest absolute Gasteiger partial charge is 0.497 e. The highest BCUT2D eigenvalue weighted by Gasteiger charge is 2.32. The molecule has 4 atom stereocenters. The molecular formula is C35H46FN3O9S2. The van der Waals surface area contributed by atoms with Crippen molar-refractivity contribution >= 4 is 31.6 Å². The molecule has 0 unspecified atom stereocenters. The third-order valence-corrected chi connectivity index (χ3v) is 11.9. The van der Waals surface area contributed by atoms with Crippen LogP contribution in [0.4, 0.5) is 10.1 Å². The summed E-state index contributed by atoms with van der Waals surface area (Å²) in [5, 5.41) is 10.2. The van der Waals surface area contributed by atoms with Crippen LogP contribution < -0.4 is 14.2 Å². The first-order valence-corrected chi connectivity index (χ1v) is 19.3. The van der Waals surface area contributed by atoms with Gasteiger partial charge in [0.2, 0.25) is 10.0 Å². The summed E-state index contributed by atoms with van der Waals surface area (Å²) >= 11 is 0. The normalized spacial score (nSPS) is 20.4. The number of likely N-dealkylation sites (N-methyl/N-ethyl adjacent to an activating group) is 1. The van der Waals surface area contributed by atoms with Gasteiger partial charge < -0.3 is 24.2 Å². The lowest BCUT2D eigenvalue weighted by Gasteiger charge is -2.35. The monoisotopic (exact) mass is 735 g/mol. The van der Waals surface area contributed by atoms with Crippen LogP contribution in [-0.2, 0) is 24.8 Å². The fourth-order valence-electron chi connectivity index (χ4n) is 5.56. The highest BCUT2D eigenvalue weighted by Crippen LogP contribution is 2.30. The number of hydrogen-bond donors (Lipinski definition) is 2. The van der Waals surface area contributed by atoms with Gasteiger partial charge in [-0.2, -0.15) is 4.31 Å². The fourth-order valence-corrected chi connectivity index (χ4v) is 7.79. The molecule has 1 aliphatic heterocycles. The zero-order valence-electron chi connectivity index (χ0n) is 28.9. The maximum Gasteiger partial charge on any atom is 0.261 e. The molecule has 0 saturated carbocycles.